The minimum Gasteiger partial charge on any atom is -0.480 e. The van der Waals surface area contributed by atoms with Crippen LogP contribution in [-0.2, 0) is 16.1 Å². The van der Waals surface area contributed by atoms with E-state index in [4.69, 9.17) is 5.11 Å². The Hall–Kier alpha value is -2.16. The van der Waals surface area contributed by atoms with Gasteiger partial charge in [0.05, 0.1) is 12.2 Å². The van der Waals surface area contributed by atoms with E-state index in [2.05, 4.69) is 17.7 Å². The number of hydrogen-bond acceptors (Lipinski definition) is 5. The monoisotopic (exact) mass is 451 g/mol. The predicted octanol–water partition coefficient (Wildman–Crippen LogP) is 3.25. The Kier molecular flexibility index (Phi) is 7.00. The molecular weight excluding hydrogens is 429 g/mol. The number of likely N-dealkylation sites (tertiary alicyclic amines) is 1. The van der Waals surface area contributed by atoms with E-state index in [1.165, 1.54) is 10.7 Å². The first-order valence-electron chi connectivity index (χ1n) is 9.57. The summed E-state index contributed by atoms with van der Waals surface area (Å²) in [4.78, 5) is 25.8. The highest BCUT2D eigenvalue weighted by Crippen LogP contribution is 2.40. The molecule has 2 aromatic rings. The van der Waals surface area contributed by atoms with Crippen molar-refractivity contribution in [3.8, 4) is 0 Å². The topological polar surface area (TPSA) is 75.4 Å². The lowest BCUT2D eigenvalue weighted by Gasteiger charge is -2.27. The van der Waals surface area contributed by atoms with Crippen LogP contribution in [0.2, 0.25) is 0 Å². The summed E-state index contributed by atoms with van der Waals surface area (Å²) in [5.41, 5.74) is 2.19. The van der Waals surface area contributed by atoms with Crippen molar-refractivity contribution in [2.24, 2.45) is 5.92 Å². The van der Waals surface area contributed by atoms with Crippen molar-refractivity contribution >= 4 is 42.9 Å². The lowest BCUT2D eigenvalue weighted by molar-refractivity contribution is -0.137. The molecule has 1 aliphatic heterocycles. The van der Waals surface area contributed by atoms with Gasteiger partial charge in [0.25, 0.3) is 0 Å². The number of hydrogen-bond donors (Lipinski definition) is 2. The molecule has 0 radical (unpaired) electrons. The van der Waals surface area contributed by atoms with Gasteiger partial charge in [0.15, 0.2) is 5.78 Å². The molecule has 160 valence electrons. The molecule has 2 aliphatic rings. The first-order chi connectivity index (χ1) is 13.9. The second-order valence-electron chi connectivity index (χ2n) is 7.63. The van der Waals surface area contributed by atoms with Crippen molar-refractivity contribution in [2.75, 3.05) is 13.1 Å². The van der Waals surface area contributed by atoms with Gasteiger partial charge in [0.2, 0.25) is 0 Å². The average Bonchev–Trinajstić information content (AvgIpc) is 3.34. The summed E-state index contributed by atoms with van der Waals surface area (Å²) in [6, 6.07) is 5.85. The number of rotatable bonds is 7. The van der Waals surface area contributed by atoms with Gasteiger partial charge in [-0.2, -0.15) is 17.7 Å². The molecule has 2 heterocycles. The van der Waals surface area contributed by atoms with Gasteiger partial charge in [-0.1, -0.05) is 24.3 Å². The molecule has 0 bridgehead atoms. The molecule has 1 aliphatic carbocycles. The number of benzene rings is 1. The Bertz CT molecular complexity index is 976. The van der Waals surface area contributed by atoms with Crippen LogP contribution in [0.1, 0.15) is 30.0 Å². The normalized spacial score (nSPS) is 21.4. The maximum absolute atomic E-state index is 14.5. The van der Waals surface area contributed by atoms with E-state index in [0.29, 0.717) is 18.7 Å². The Morgan fingerprint density at radius 1 is 1.33 bits per heavy atom. The van der Waals surface area contributed by atoms with E-state index in [0.717, 1.165) is 24.0 Å². The number of carboxylic acid groups (broad SMARTS) is 1. The van der Waals surface area contributed by atoms with Gasteiger partial charge < -0.3 is 5.11 Å². The largest absolute Gasteiger partial charge is 0.480 e. The third-order valence-corrected chi connectivity index (χ3v) is 5.83. The van der Waals surface area contributed by atoms with Crippen molar-refractivity contribution in [3.63, 3.8) is 0 Å². The van der Waals surface area contributed by atoms with Crippen LogP contribution in [0.3, 0.4) is 0 Å². The summed E-state index contributed by atoms with van der Waals surface area (Å²) in [5, 5.41) is 12.8. The first kappa shape index (κ1) is 22.5. The SMILES string of the molecule is Cl.O=C(O)Cn1cc(/C=C2\CN(C(C(=O)C3CC3)c3ccccc3F)CC2S)cn1. The summed E-state index contributed by atoms with van der Waals surface area (Å²) in [7, 11) is 0. The molecule has 1 aromatic heterocycles. The number of carbonyl (C=O) groups excluding carboxylic acids is 1. The van der Waals surface area contributed by atoms with Gasteiger partial charge in [0.1, 0.15) is 12.4 Å². The van der Waals surface area contributed by atoms with E-state index < -0.39 is 12.0 Å². The highest BCUT2D eigenvalue weighted by molar-refractivity contribution is 7.81. The minimum absolute atomic E-state index is 0. The summed E-state index contributed by atoms with van der Waals surface area (Å²) >= 11 is 4.67. The second kappa shape index (κ2) is 9.32. The molecule has 6 nitrogen and oxygen atoms in total. The fourth-order valence-electron chi connectivity index (χ4n) is 3.79. The second-order valence-corrected chi connectivity index (χ2v) is 8.25. The van der Waals surface area contributed by atoms with Gasteiger partial charge >= 0.3 is 5.97 Å². The van der Waals surface area contributed by atoms with E-state index >= 15 is 0 Å². The number of ketones is 1. The van der Waals surface area contributed by atoms with E-state index in [1.54, 1.807) is 30.6 Å². The molecule has 1 aromatic carbocycles. The van der Waals surface area contributed by atoms with Crippen molar-refractivity contribution in [1.29, 1.82) is 0 Å². The van der Waals surface area contributed by atoms with Gasteiger partial charge in [-0.15, -0.1) is 12.4 Å². The third kappa shape index (κ3) is 4.94. The van der Waals surface area contributed by atoms with Crippen molar-refractivity contribution < 1.29 is 19.1 Å². The fraction of sp³-hybridized carbons (Fsp3) is 0.381. The fourth-order valence-corrected chi connectivity index (χ4v) is 4.16. The van der Waals surface area contributed by atoms with Crippen LogP contribution in [0.4, 0.5) is 4.39 Å². The van der Waals surface area contributed by atoms with Crippen molar-refractivity contribution in [2.45, 2.75) is 30.7 Å². The molecule has 9 heteroatoms. The van der Waals surface area contributed by atoms with Crippen molar-refractivity contribution in [1.82, 2.24) is 14.7 Å². The number of carbonyl (C=O) groups is 2. The highest BCUT2D eigenvalue weighted by Gasteiger charge is 2.42. The maximum atomic E-state index is 14.5. The summed E-state index contributed by atoms with van der Waals surface area (Å²) < 4.78 is 15.9. The van der Waals surface area contributed by atoms with Crippen LogP contribution in [0.5, 0.6) is 0 Å². The van der Waals surface area contributed by atoms with Gasteiger partial charge in [-0.05, 0) is 24.5 Å². The molecule has 1 saturated heterocycles. The Balaban J connectivity index is 0.00000256. The molecule has 30 heavy (non-hydrogen) atoms. The number of thiol groups is 1. The third-order valence-electron chi connectivity index (χ3n) is 5.34. The molecule has 0 spiro atoms. The standard InChI is InChI=1S/C21H22FN3O3S.ClH/c22-17-4-2-1-3-16(17)20(21(28)14-5-6-14)24-10-15(18(29)11-24)7-13-8-23-25(9-13)12-19(26)27;/h1-4,7-9,14,18,20,29H,5-6,10-12H2,(H,26,27);1H/b15-7+;. The van der Waals surface area contributed by atoms with Crippen LogP contribution in [-0.4, -0.2) is 49.9 Å². The average molecular weight is 452 g/mol. The number of nitrogens with zero attached hydrogens (tertiary/aromatic N) is 3. The predicted molar refractivity (Wildman–Crippen MR) is 116 cm³/mol. The van der Waals surface area contributed by atoms with Crippen LogP contribution in [0.15, 0.2) is 42.2 Å². The zero-order chi connectivity index (χ0) is 20.5. The lowest BCUT2D eigenvalue weighted by atomic mass is 9.97. The first-order valence-corrected chi connectivity index (χ1v) is 10.1. The lowest BCUT2D eigenvalue weighted by Crippen LogP contribution is -2.34. The molecule has 0 amide bonds. The molecule has 2 atom stereocenters. The van der Waals surface area contributed by atoms with Crippen molar-refractivity contribution in [3.05, 3.63) is 59.2 Å². The molecule has 4 rings (SSSR count). The summed E-state index contributed by atoms with van der Waals surface area (Å²) in [6.45, 7) is 0.830. The zero-order valence-corrected chi connectivity index (χ0v) is 17.9. The molecule has 2 unspecified atom stereocenters. The maximum Gasteiger partial charge on any atom is 0.325 e. The number of carboxylic acids is 1. The number of aromatic nitrogens is 2. The van der Waals surface area contributed by atoms with Gasteiger partial charge in [-0.3, -0.25) is 19.2 Å². The van der Waals surface area contributed by atoms with Crippen LogP contribution >= 0.6 is 25.0 Å². The number of Topliss-reactive ketones (excluding diaryl/α,β-unsaturated/α-hetero) is 1. The smallest absolute Gasteiger partial charge is 0.325 e. The minimum atomic E-state index is -0.960. The Labute approximate surface area is 185 Å². The van der Waals surface area contributed by atoms with E-state index in [1.807, 2.05) is 11.0 Å². The quantitative estimate of drug-likeness (QED) is 0.632. The number of aliphatic carboxylic acids is 1. The van der Waals surface area contributed by atoms with E-state index in [-0.39, 0.29) is 41.7 Å². The van der Waals surface area contributed by atoms with Crippen LogP contribution in [0, 0.1) is 11.7 Å². The molecule has 2 fully saturated rings. The van der Waals surface area contributed by atoms with Gasteiger partial charge in [-0.25, -0.2) is 4.39 Å². The van der Waals surface area contributed by atoms with Crippen LogP contribution < -0.4 is 0 Å². The zero-order valence-electron chi connectivity index (χ0n) is 16.1. The molecule has 1 N–H and O–H groups in total. The summed E-state index contributed by atoms with van der Waals surface area (Å²) in [6.07, 6.45) is 6.92. The van der Waals surface area contributed by atoms with E-state index in [9.17, 15) is 14.0 Å². The molecule has 1 saturated carbocycles. The molecular formula is C21H23ClFN3O3S. The summed E-state index contributed by atoms with van der Waals surface area (Å²) in [5.74, 6) is -1.24. The Morgan fingerprint density at radius 3 is 2.73 bits per heavy atom. The van der Waals surface area contributed by atoms with Gasteiger partial charge in [0, 0.05) is 41.6 Å². The highest BCUT2D eigenvalue weighted by atomic mass is 35.5. The Morgan fingerprint density at radius 2 is 2.07 bits per heavy atom. The number of halogens is 2. The van der Waals surface area contributed by atoms with Crippen LogP contribution in [0.25, 0.3) is 6.08 Å².